The molecule has 10 heteroatoms. The smallest absolute Gasteiger partial charge is 0.324 e. The second kappa shape index (κ2) is 9.64. The van der Waals surface area contributed by atoms with Gasteiger partial charge in [-0.25, -0.2) is 8.42 Å². The maximum atomic E-state index is 12.5. The second-order valence-corrected chi connectivity index (χ2v) is 8.63. The van der Waals surface area contributed by atoms with Gasteiger partial charge in [0.05, 0.1) is 4.90 Å². The van der Waals surface area contributed by atoms with Crippen molar-refractivity contribution in [1.82, 2.24) is 4.72 Å². The monoisotopic (exact) mass is 457 g/mol. The van der Waals surface area contributed by atoms with Crippen LogP contribution in [0.3, 0.4) is 0 Å². The molecule has 0 saturated carbocycles. The zero-order valence-corrected chi connectivity index (χ0v) is 17.4. The lowest BCUT2D eigenvalue weighted by Gasteiger charge is -2.20. The van der Waals surface area contributed by atoms with Crippen LogP contribution in [0.25, 0.3) is 0 Å². The van der Waals surface area contributed by atoms with Gasteiger partial charge in [-0.1, -0.05) is 29.8 Å². The first-order chi connectivity index (χ1) is 12.5. The standard InChI is InChI=1S/C17H20BrN3O5S/c1-10(2)16(17(23)26-9-15(22)14(8-19)11(3)20)21-27(24,25)13-6-4-12(18)5-7-13/h4-7,10,16,21H,9,20H2,1-3H3. The fourth-order valence-corrected chi connectivity index (χ4v) is 3.57. The fraction of sp³-hybridized carbons (Fsp3) is 0.353. The zero-order chi connectivity index (χ0) is 20.8. The Labute approximate surface area is 166 Å². The summed E-state index contributed by atoms with van der Waals surface area (Å²) in [6.45, 7) is 3.92. The van der Waals surface area contributed by atoms with Crippen molar-refractivity contribution in [2.24, 2.45) is 11.7 Å². The van der Waals surface area contributed by atoms with E-state index in [0.29, 0.717) is 4.47 Å². The molecule has 3 N–H and O–H groups in total. The summed E-state index contributed by atoms with van der Waals surface area (Å²) in [5.74, 6) is -2.13. The van der Waals surface area contributed by atoms with Crippen molar-refractivity contribution in [2.45, 2.75) is 31.7 Å². The molecular formula is C17H20BrN3O5S. The normalized spacial score (nSPS) is 13.5. The van der Waals surface area contributed by atoms with Crippen LogP contribution < -0.4 is 10.5 Å². The summed E-state index contributed by atoms with van der Waals surface area (Å²) in [5.41, 5.74) is 5.12. The highest BCUT2D eigenvalue weighted by Crippen LogP contribution is 2.16. The van der Waals surface area contributed by atoms with Gasteiger partial charge in [0.1, 0.15) is 17.7 Å². The second-order valence-electron chi connectivity index (χ2n) is 6.00. The number of carbonyl (C=O) groups is 2. The third-order valence-electron chi connectivity index (χ3n) is 3.46. The Balaban J connectivity index is 2.91. The maximum Gasteiger partial charge on any atom is 0.324 e. The topological polar surface area (TPSA) is 139 Å². The third-order valence-corrected chi connectivity index (χ3v) is 5.44. The quantitative estimate of drug-likeness (QED) is 0.343. The average Bonchev–Trinajstić information content (AvgIpc) is 2.58. The van der Waals surface area contributed by atoms with E-state index in [2.05, 4.69) is 20.7 Å². The number of halogens is 1. The number of allylic oxidation sites excluding steroid dienone is 1. The van der Waals surface area contributed by atoms with Crippen molar-refractivity contribution < 1.29 is 22.7 Å². The Bertz CT molecular complexity index is 882. The van der Waals surface area contributed by atoms with Crippen molar-refractivity contribution in [3.8, 4) is 6.07 Å². The summed E-state index contributed by atoms with van der Waals surface area (Å²) in [5, 5.41) is 8.88. The van der Waals surface area contributed by atoms with E-state index in [9.17, 15) is 18.0 Å². The number of esters is 1. The Morgan fingerprint density at radius 1 is 1.30 bits per heavy atom. The van der Waals surface area contributed by atoms with Gasteiger partial charge in [-0.05, 0) is 37.1 Å². The lowest BCUT2D eigenvalue weighted by atomic mass is 10.1. The van der Waals surface area contributed by atoms with Gasteiger partial charge < -0.3 is 10.5 Å². The van der Waals surface area contributed by atoms with Gasteiger partial charge in [-0.3, -0.25) is 9.59 Å². The number of hydrogen-bond acceptors (Lipinski definition) is 7. The number of nitrogens with zero attached hydrogens (tertiary/aromatic N) is 1. The summed E-state index contributed by atoms with van der Waals surface area (Å²) < 4.78 is 32.8. The largest absolute Gasteiger partial charge is 0.456 e. The predicted octanol–water partition coefficient (Wildman–Crippen LogP) is 1.62. The molecule has 0 aliphatic heterocycles. The van der Waals surface area contributed by atoms with E-state index >= 15 is 0 Å². The van der Waals surface area contributed by atoms with Gasteiger partial charge >= 0.3 is 5.97 Å². The lowest BCUT2D eigenvalue weighted by Crippen LogP contribution is -2.45. The van der Waals surface area contributed by atoms with Crippen LogP contribution in [0.2, 0.25) is 0 Å². The summed E-state index contributed by atoms with van der Waals surface area (Å²) in [6.07, 6.45) is 0. The molecule has 27 heavy (non-hydrogen) atoms. The van der Waals surface area contributed by atoms with E-state index in [-0.39, 0.29) is 16.2 Å². The van der Waals surface area contributed by atoms with Gasteiger partial charge in [-0.2, -0.15) is 9.98 Å². The number of carbonyl (C=O) groups excluding carboxylic acids is 2. The molecule has 1 aromatic carbocycles. The number of rotatable bonds is 8. The van der Waals surface area contributed by atoms with Gasteiger partial charge in [0.25, 0.3) is 0 Å². The molecular weight excluding hydrogens is 438 g/mol. The summed E-state index contributed by atoms with van der Waals surface area (Å²) in [4.78, 5) is 24.1. The summed E-state index contributed by atoms with van der Waals surface area (Å²) >= 11 is 3.21. The Morgan fingerprint density at radius 3 is 2.30 bits per heavy atom. The molecule has 0 amide bonds. The van der Waals surface area contributed by atoms with Crippen LogP contribution in [0, 0.1) is 17.2 Å². The highest BCUT2D eigenvalue weighted by molar-refractivity contribution is 9.10. The number of sulfonamides is 1. The highest BCUT2D eigenvalue weighted by Gasteiger charge is 2.30. The van der Waals surface area contributed by atoms with Gasteiger partial charge in [0.2, 0.25) is 15.8 Å². The number of Topliss-reactive ketones (excluding diaryl/α,β-unsaturated/α-hetero) is 1. The molecule has 1 unspecified atom stereocenters. The Morgan fingerprint density at radius 2 is 1.85 bits per heavy atom. The number of ketones is 1. The molecule has 0 aliphatic rings. The molecule has 0 fully saturated rings. The highest BCUT2D eigenvalue weighted by atomic mass is 79.9. The SMILES string of the molecule is CC(N)=C(C#N)C(=O)COC(=O)C(NS(=O)(=O)c1ccc(Br)cc1)C(C)C. The number of hydrogen-bond donors (Lipinski definition) is 2. The van der Waals surface area contributed by atoms with E-state index < -0.39 is 40.3 Å². The molecule has 8 nitrogen and oxygen atoms in total. The number of ether oxygens (including phenoxy) is 1. The Hall–Kier alpha value is -2.22. The predicted molar refractivity (Wildman–Crippen MR) is 102 cm³/mol. The molecule has 0 aliphatic carbocycles. The van der Waals surface area contributed by atoms with Crippen molar-refractivity contribution in [3.05, 3.63) is 40.0 Å². The first-order valence-electron chi connectivity index (χ1n) is 7.83. The number of nitrogens with two attached hydrogens (primary N) is 1. The van der Waals surface area contributed by atoms with Crippen LogP contribution in [0.4, 0.5) is 0 Å². The van der Waals surface area contributed by atoms with Crippen LogP contribution in [0.1, 0.15) is 20.8 Å². The first kappa shape index (κ1) is 22.8. The molecule has 0 saturated heterocycles. The summed E-state index contributed by atoms with van der Waals surface area (Å²) in [6, 6.07) is 6.31. The van der Waals surface area contributed by atoms with E-state index in [0.717, 1.165) is 0 Å². The van der Waals surface area contributed by atoms with Crippen LogP contribution in [-0.4, -0.2) is 32.8 Å². The van der Waals surface area contributed by atoms with Crippen molar-refractivity contribution in [3.63, 3.8) is 0 Å². The van der Waals surface area contributed by atoms with E-state index in [4.69, 9.17) is 15.7 Å². The van der Waals surface area contributed by atoms with E-state index in [1.807, 2.05) is 0 Å². The van der Waals surface area contributed by atoms with Crippen molar-refractivity contribution in [2.75, 3.05) is 6.61 Å². The Kier molecular flexibility index (Phi) is 8.15. The minimum absolute atomic E-state index is 0.00917. The maximum absolute atomic E-state index is 12.5. The molecule has 0 aromatic heterocycles. The molecule has 0 spiro atoms. The van der Waals surface area contributed by atoms with Crippen molar-refractivity contribution in [1.29, 1.82) is 5.26 Å². The fourth-order valence-electron chi connectivity index (χ4n) is 1.97. The van der Waals surface area contributed by atoms with Gasteiger partial charge in [-0.15, -0.1) is 0 Å². The zero-order valence-electron chi connectivity index (χ0n) is 15.0. The van der Waals surface area contributed by atoms with Gasteiger partial charge in [0, 0.05) is 10.2 Å². The number of nitriles is 1. The molecule has 0 heterocycles. The van der Waals surface area contributed by atoms with E-state index in [1.54, 1.807) is 32.0 Å². The van der Waals surface area contributed by atoms with Crippen LogP contribution in [0.15, 0.2) is 44.9 Å². The number of benzene rings is 1. The van der Waals surface area contributed by atoms with Crippen LogP contribution >= 0.6 is 15.9 Å². The molecule has 1 aromatic rings. The molecule has 1 rings (SSSR count). The van der Waals surface area contributed by atoms with E-state index in [1.165, 1.54) is 19.1 Å². The van der Waals surface area contributed by atoms with Crippen LogP contribution in [-0.2, 0) is 24.3 Å². The number of nitrogens with one attached hydrogen (secondary N) is 1. The first-order valence-corrected chi connectivity index (χ1v) is 10.1. The molecule has 0 radical (unpaired) electrons. The van der Waals surface area contributed by atoms with Gasteiger partial charge in [0.15, 0.2) is 6.61 Å². The van der Waals surface area contributed by atoms with Crippen LogP contribution in [0.5, 0.6) is 0 Å². The molecule has 1 atom stereocenters. The molecule has 0 bridgehead atoms. The minimum atomic E-state index is -3.98. The minimum Gasteiger partial charge on any atom is -0.456 e. The molecule has 146 valence electrons. The summed E-state index contributed by atoms with van der Waals surface area (Å²) in [7, 11) is -3.98. The van der Waals surface area contributed by atoms with Crippen molar-refractivity contribution >= 4 is 37.7 Å². The lowest BCUT2D eigenvalue weighted by molar-refractivity contribution is -0.149. The third kappa shape index (κ3) is 6.46. The average molecular weight is 458 g/mol.